The number of piperidine rings is 1. The first-order chi connectivity index (χ1) is 10.6. The zero-order valence-electron chi connectivity index (χ0n) is 12.6. The van der Waals surface area contributed by atoms with Crippen LogP contribution in [0.15, 0.2) is 21.1 Å². The Kier molecular flexibility index (Phi) is 3.68. The van der Waals surface area contributed by atoms with Crippen LogP contribution in [0.25, 0.3) is 10.9 Å². The summed E-state index contributed by atoms with van der Waals surface area (Å²) >= 11 is 7.36. The summed E-state index contributed by atoms with van der Waals surface area (Å²) in [5.74, 6) is 0.181. The highest BCUT2D eigenvalue weighted by atomic mass is 79.9. The Hall–Kier alpha value is -0.360. The zero-order valence-corrected chi connectivity index (χ0v) is 15.8. The van der Waals surface area contributed by atoms with Crippen molar-refractivity contribution in [2.24, 2.45) is 0 Å². The summed E-state index contributed by atoms with van der Waals surface area (Å²) in [4.78, 5) is 6.25. The van der Waals surface area contributed by atoms with Crippen molar-refractivity contribution in [3.05, 3.63) is 32.3 Å². The van der Waals surface area contributed by atoms with Gasteiger partial charge < -0.3 is 10.1 Å². The molecule has 0 aliphatic carbocycles. The van der Waals surface area contributed by atoms with Gasteiger partial charge in [0, 0.05) is 38.0 Å². The van der Waals surface area contributed by atoms with E-state index in [2.05, 4.69) is 60.8 Å². The maximum atomic E-state index is 9.98. The average Bonchev–Trinajstić information content (AvgIpc) is 2.92. The number of nitrogens with one attached hydrogen (secondary N) is 1. The molecule has 5 heteroatoms. The molecule has 2 atom stereocenters. The number of aromatic nitrogens is 1. The molecule has 3 nitrogen and oxygen atoms in total. The quantitative estimate of drug-likeness (QED) is 0.703. The number of halogens is 2. The van der Waals surface area contributed by atoms with Crippen LogP contribution in [0, 0.1) is 0 Å². The second-order valence-corrected chi connectivity index (χ2v) is 8.40. The first-order valence-corrected chi connectivity index (χ1v) is 9.51. The van der Waals surface area contributed by atoms with Gasteiger partial charge in [0.25, 0.3) is 0 Å². The van der Waals surface area contributed by atoms with E-state index in [1.165, 1.54) is 35.9 Å². The van der Waals surface area contributed by atoms with Crippen LogP contribution in [-0.2, 0) is 5.54 Å². The van der Waals surface area contributed by atoms with Gasteiger partial charge in [0.15, 0.2) is 0 Å². The van der Waals surface area contributed by atoms with Crippen molar-refractivity contribution in [2.75, 3.05) is 19.7 Å². The van der Waals surface area contributed by atoms with Crippen LogP contribution in [0.3, 0.4) is 0 Å². The Morgan fingerprint density at radius 1 is 1.36 bits per heavy atom. The number of hydrogen-bond donors (Lipinski definition) is 2. The Balaban J connectivity index is 2.03. The van der Waals surface area contributed by atoms with Gasteiger partial charge in [0.1, 0.15) is 0 Å². The third kappa shape index (κ3) is 1.98. The summed E-state index contributed by atoms with van der Waals surface area (Å²) in [6.07, 6.45) is 3.72. The minimum atomic E-state index is 0.0736. The molecule has 2 N–H and O–H groups in total. The molecule has 0 spiro atoms. The molecule has 4 rings (SSSR count). The lowest BCUT2D eigenvalue weighted by molar-refractivity contribution is 0.0282. The van der Waals surface area contributed by atoms with Crippen LogP contribution in [0.2, 0.25) is 0 Å². The monoisotopic (exact) mass is 426 g/mol. The van der Waals surface area contributed by atoms with Crippen LogP contribution in [0.5, 0.6) is 0 Å². The van der Waals surface area contributed by atoms with Gasteiger partial charge in [-0.3, -0.25) is 4.90 Å². The van der Waals surface area contributed by atoms with E-state index in [1.807, 2.05) is 0 Å². The Morgan fingerprint density at radius 3 is 2.95 bits per heavy atom. The van der Waals surface area contributed by atoms with Crippen molar-refractivity contribution in [1.29, 1.82) is 0 Å². The number of H-pyrrole nitrogens is 1. The van der Waals surface area contributed by atoms with Crippen molar-refractivity contribution >= 4 is 42.8 Å². The van der Waals surface area contributed by atoms with Crippen LogP contribution < -0.4 is 0 Å². The summed E-state index contributed by atoms with van der Waals surface area (Å²) in [7, 11) is 0. The molecule has 1 aromatic carbocycles. The van der Waals surface area contributed by atoms with Gasteiger partial charge in [-0.05, 0) is 82.3 Å². The zero-order chi connectivity index (χ0) is 15.5. The van der Waals surface area contributed by atoms with Crippen molar-refractivity contribution in [1.82, 2.24) is 9.88 Å². The van der Waals surface area contributed by atoms with E-state index in [-0.39, 0.29) is 18.1 Å². The van der Waals surface area contributed by atoms with E-state index >= 15 is 0 Å². The first-order valence-electron chi connectivity index (χ1n) is 7.92. The number of benzene rings is 1. The number of rotatable bonds is 1. The third-order valence-corrected chi connectivity index (χ3v) is 7.56. The van der Waals surface area contributed by atoms with Crippen LogP contribution >= 0.6 is 31.9 Å². The van der Waals surface area contributed by atoms with Gasteiger partial charge in [0.2, 0.25) is 0 Å². The highest BCUT2D eigenvalue weighted by Gasteiger charge is 2.45. The molecule has 2 aliphatic rings. The normalized spacial score (nSPS) is 28.6. The minimum Gasteiger partial charge on any atom is -0.396 e. The fourth-order valence-corrected chi connectivity index (χ4v) is 5.23. The van der Waals surface area contributed by atoms with E-state index in [9.17, 15) is 5.11 Å². The maximum Gasteiger partial charge on any atom is 0.0586 e. The molecule has 2 unspecified atom stereocenters. The first kappa shape index (κ1) is 15.2. The summed E-state index contributed by atoms with van der Waals surface area (Å²) < 4.78 is 2.16. The molecule has 22 heavy (non-hydrogen) atoms. The number of fused-ring (bicyclic) bond motifs is 5. The SMILES string of the molecule is CC12CCCCN1CC(CO)c1c2[nH]c2ccc(Br)c(Br)c12. The second-order valence-electron chi connectivity index (χ2n) is 6.75. The van der Waals surface area contributed by atoms with Gasteiger partial charge in [0.05, 0.1) is 12.1 Å². The lowest BCUT2D eigenvalue weighted by atomic mass is 9.76. The molecule has 118 valence electrons. The number of hydrogen-bond acceptors (Lipinski definition) is 2. The third-order valence-electron chi connectivity index (χ3n) is 5.54. The van der Waals surface area contributed by atoms with Gasteiger partial charge >= 0.3 is 0 Å². The van der Waals surface area contributed by atoms with Crippen molar-refractivity contribution in [3.63, 3.8) is 0 Å². The molecular formula is C17H20Br2N2O. The Labute approximate surface area is 147 Å². The molecule has 1 saturated heterocycles. The van der Waals surface area contributed by atoms with Gasteiger partial charge in [-0.25, -0.2) is 0 Å². The smallest absolute Gasteiger partial charge is 0.0586 e. The summed E-state index contributed by atoms with van der Waals surface area (Å²) in [5, 5.41) is 11.2. The molecule has 2 aliphatic heterocycles. The van der Waals surface area contributed by atoms with Gasteiger partial charge in [-0.15, -0.1) is 0 Å². The highest BCUT2D eigenvalue weighted by molar-refractivity contribution is 9.13. The van der Waals surface area contributed by atoms with Crippen molar-refractivity contribution in [3.8, 4) is 0 Å². The molecule has 0 radical (unpaired) electrons. The fourth-order valence-electron chi connectivity index (χ4n) is 4.34. The van der Waals surface area contributed by atoms with Crippen molar-refractivity contribution in [2.45, 2.75) is 37.6 Å². The second kappa shape index (κ2) is 5.33. The summed E-state index contributed by atoms with van der Waals surface area (Å²) in [6, 6.07) is 4.21. The topological polar surface area (TPSA) is 39.3 Å². The molecule has 0 bridgehead atoms. The van der Waals surface area contributed by atoms with E-state index in [1.54, 1.807) is 0 Å². The molecular weight excluding hydrogens is 408 g/mol. The van der Waals surface area contributed by atoms with E-state index in [0.29, 0.717) is 0 Å². The predicted octanol–water partition coefficient (Wildman–Crippen LogP) is 4.48. The van der Waals surface area contributed by atoms with E-state index in [4.69, 9.17) is 0 Å². The predicted molar refractivity (Wildman–Crippen MR) is 96.3 cm³/mol. The van der Waals surface area contributed by atoms with E-state index in [0.717, 1.165) is 27.6 Å². The van der Waals surface area contributed by atoms with Crippen LogP contribution in [-0.4, -0.2) is 34.7 Å². The summed E-state index contributed by atoms with van der Waals surface area (Å²) in [6.45, 7) is 4.64. The Bertz CT molecular complexity index is 742. The maximum absolute atomic E-state index is 9.98. The average molecular weight is 428 g/mol. The Morgan fingerprint density at radius 2 is 2.18 bits per heavy atom. The minimum absolute atomic E-state index is 0.0736. The van der Waals surface area contributed by atoms with Crippen molar-refractivity contribution < 1.29 is 5.11 Å². The fraction of sp³-hybridized carbons (Fsp3) is 0.529. The number of aliphatic hydroxyl groups is 1. The van der Waals surface area contributed by atoms with Gasteiger partial charge in [-0.1, -0.05) is 0 Å². The molecule has 1 aromatic heterocycles. The molecule has 0 amide bonds. The lowest BCUT2D eigenvalue weighted by Gasteiger charge is -2.50. The van der Waals surface area contributed by atoms with E-state index < -0.39 is 0 Å². The van der Waals surface area contributed by atoms with Crippen LogP contribution in [0.4, 0.5) is 0 Å². The number of nitrogens with zero attached hydrogens (tertiary/aromatic N) is 1. The molecule has 0 saturated carbocycles. The highest BCUT2D eigenvalue weighted by Crippen LogP contribution is 2.49. The van der Waals surface area contributed by atoms with Gasteiger partial charge in [-0.2, -0.15) is 0 Å². The molecule has 1 fully saturated rings. The molecule has 3 heterocycles. The summed E-state index contributed by atoms with van der Waals surface area (Å²) in [5.41, 5.74) is 3.86. The molecule has 2 aromatic rings. The van der Waals surface area contributed by atoms with Crippen LogP contribution in [0.1, 0.15) is 43.4 Å². The number of aromatic amines is 1. The largest absolute Gasteiger partial charge is 0.396 e. The standard InChI is InChI=1S/C17H20Br2N2O/c1-17-6-2-3-7-21(17)8-10(9-22)13-14-12(20-16(13)17)5-4-11(18)15(14)19/h4-5,10,20,22H,2-3,6-9H2,1H3. The number of aliphatic hydroxyl groups excluding tert-OH is 1. The lowest BCUT2D eigenvalue weighted by Crippen LogP contribution is -2.53.